The molecule has 2 N–H and O–H groups in total. The molecule has 0 aliphatic carbocycles. The van der Waals surface area contributed by atoms with Crippen LogP contribution in [0.15, 0.2) is 0 Å². The van der Waals surface area contributed by atoms with Crippen LogP contribution in [0.5, 0.6) is 0 Å². The molecule has 0 aliphatic rings. The van der Waals surface area contributed by atoms with Crippen molar-refractivity contribution >= 4 is 51.1 Å². The Kier molecular flexibility index (Phi) is 17.8. The Balaban J connectivity index is -0.0000000800. The fraction of sp³-hybridized carbons (Fsp3) is 0. The summed E-state index contributed by atoms with van der Waals surface area (Å²) in [5.74, 6) is 0. The Hall–Kier alpha value is 3.35. The van der Waals surface area contributed by atoms with Crippen LogP contribution in [0, 0.1) is 0 Å². The third kappa shape index (κ3) is 45.0. The van der Waals surface area contributed by atoms with Crippen LogP contribution < -0.4 is 68.9 Å². The van der Waals surface area contributed by atoms with Gasteiger partial charge in [-0.1, -0.05) is 0 Å². The summed E-state index contributed by atoms with van der Waals surface area (Å²) in [5.41, 5.74) is 0. The molecule has 0 spiro atoms. The van der Waals surface area contributed by atoms with Crippen molar-refractivity contribution in [3.63, 3.8) is 0 Å². The van der Waals surface area contributed by atoms with E-state index in [0.29, 0.717) is 0 Å². The minimum Gasteiger partial charge on any atom is 1.00 e. The van der Waals surface area contributed by atoms with Gasteiger partial charge >= 0.3 is 136 Å². The van der Waals surface area contributed by atoms with Crippen molar-refractivity contribution in [1.29, 1.82) is 0 Å². The molecule has 0 bridgehead atoms. The van der Waals surface area contributed by atoms with Crippen LogP contribution in [0.3, 0.4) is 0 Å². The van der Waals surface area contributed by atoms with Gasteiger partial charge in [0.05, 0.1) is 0 Å². The van der Waals surface area contributed by atoms with Gasteiger partial charge in [0.25, 0.3) is 0 Å². The summed E-state index contributed by atoms with van der Waals surface area (Å²) in [7, 11) is 0. The van der Waals surface area contributed by atoms with Crippen LogP contribution in [0.2, 0.25) is 0 Å². The van der Waals surface area contributed by atoms with Gasteiger partial charge < -0.3 is 0 Å². The molecule has 0 heterocycles. The largest absolute Gasteiger partial charge is 2.00 e. The molecule has 7 heavy (non-hydrogen) atoms. The summed E-state index contributed by atoms with van der Waals surface area (Å²) < 4.78 is 31.9. The molecule has 0 fully saturated rings. The third-order valence-electron chi connectivity index (χ3n) is 0. The molecule has 0 radical (unpaired) electrons. The molecule has 0 amide bonds. The SMILES string of the molecule is O=[Se](=O)(O)O.[Ca+2].[Cs+]. The molecule has 0 aromatic carbocycles. The number of rotatable bonds is 0. The zero-order valence-corrected chi connectivity index (χ0v) is 14.0. The van der Waals surface area contributed by atoms with Gasteiger partial charge in [0, 0.05) is 0 Å². The van der Waals surface area contributed by atoms with Gasteiger partial charge in [0.1, 0.15) is 0 Å². The summed E-state index contributed by atoms with van der Waals surface area (Å²) in [5, 5.41) is 0. The number of hydrogen-bond donors (Lipinski definition) is 2. The monoisotopic (exact) mass is 319 g/mol. The Bertz CT molecular complexity index is 94.9. The van der Waals surface area contributed by atoms with E-state index in [2.05, 4.69) is 0 Å². The van der Waals surface area contributed by atoms with Crippen molar-refractivity contribution in [2.45, 2.75) is 0 Å². The molecular weight excluding hydrogens is 316 g/mol. The van der Waals surface area contributed by atoms with E-state index >= 15 is 0 Å². The third-order valence-corrected chi connectivity index (χ3v) is 0. The average Bonchev–Trinajstić information content (AvgIpc) is 0.722. The second-order valence-corrected chi connectivity index (χ2v) is 2.33. The average molecular weight is 318 g/mol. The maximum Gasteiger partial charge on any atom is 2.00 e. The summed E-state index contributed by atoms with van der Waals surface area (Å²) in [4.78, 5) is 0. The van der Waals surface area contributed by atoms with Gasteiger partial charge in [-0.2, -0.15) is 0 Å². The maximum atomic E-state index is 8.82. The second-order valence-electron chi connectivity index (χ2n) is 0.448. The van der Waals surface area contributed by atoms with Crippen LogP contribution in [0.25, 0.3) is 0 Å². The van der Waals surface area contributed by atoms with E-state index < -0.39 is 13.4 Å². The summed E-state index contributed by atoms with van der Waals surface area (Å²) in [6.45, 7) is 0. The first kappa shape index (κ1) is 16.7. The van der Waals surface area contributed by atoms with Crippen molar-refractivity contribution < 1.29 is 84.9 Å². The molecule has 0 unspecified atom stereocenters. The standard InChI is InChI=1S/Ca.Cs.H2O4Se/c;;1-5(2,3)4/h;;(H2,1,2,3,4)/q+2;+1;. The smallest absolute Gasteiger partial charge is 1.00 e. The Morgan fingerprint density at radius 2 is 1.14 bits per heavy atom. The van der Waals surface area contributed by atoms with Crippen LogP contribution >= 0.6 is 0 Å². The first-order chi connectivity index (χ1) is 2.00. The minimum atomic E-state index is -5.25. The number of hydrogen-bond acceptors (Lipinski definition) is 2. The summed E-state index contributed by atoms with van der Waals surface area (Å²) in [6.07, 6.45) is 0. The topological polar surface area (TPSA) is 74.6 Å². The van der Waals surface area contributed by atoms with Crippen LogP contribution in [-0.4, -0.2) is 59.5 Å². The van der Waals surface area contributed by atoms with E-state index in [-0.39, 0.29) is 107 Å². The van der Waals surface area contributed by atoms with Crippen LogP contribution in [-0.2, 0) is 7.67 Å². The van der Waals surface area contributed by atoms with E-state index in [1.54, 1.807) is 0 Å². The van der Waals surface area contributed by atoms with Crippen molar-refractivity contribution in [1.82, 2.24) is 0 Å². The van der Waals surface area contributed by atoms with Gasteiger partial charge in [-0.15, -0.1) is 0 Å². The van der Waals surface area contributed by atoms with E-state index in [4.69, 9.17) is 16.0 Å². The predicted molar refractivity (Wildman–Crippen MR) is 17.3 cm³/mol. The molecule has 0 rings (SSSR count). The zero-order valence-electron chi connectivity index (χ0n) is 3.83. The molecule has 0 atom stereocenters. The van der Waals surface area contributed by atoms with Crippen LogP contribution in [0.4, 0.5) is 0 Å². The molecule has 0 aromatic rings. The van der Waals surface area contributed by atoms with E-state index in [0.717, 1.165) is 0 Å². The van der Waals surface area contributed by atoms with Gasteiger partial charge in [-0.05, 0) is 0 Å². The van der Waals surface area contributed by atoms with E-state index in [9.17, 15) is 0 Å². The molecule has 7 heteroatoms. The first-order valence-corrected chi connectivity index (χ1v) is 3.63. The molecule has 4 nitrogen and oxygen atoms in total. The van der Waals surface area contributed by atoms with Crippen LogP contribution in [0.1, 0.15) is 0 Å². The van der Waals surface area contributed by atoms with Crippen molar-refractivity contribution in [2.24, 2.45) is 0 Å². The predicted octanol–water partition coefficient (Wildman–Crippen LogP) is -5.11. The summed E-state index contributed by atoms with van der Waals surface area (Å²) >= 11 is -5.25. The minimum absolute atomic E-state index is 0. The molecule has 0 saturated carbocycles. The summed E-state index contributed by atoms with van der Waals surface area (Å²) in [6, 6.07) is 0. The Morgan fingerprint density at radius 3 is 1.14 bits per heavy atom. The van der Waals surface area contributed by atoms with E-state index in [1.165, 1.54) is 0 Å². The van der Waals surface area contributed by atoms with Gasteiger partial charge in [-0.25, -0.2) is 0 Å². The van der Waals surface area contributed by atoms with E-state index in [1.807, 2.05) is 0 Å². The molecule has 0 aliphatic heterocycles. The normalized spacial score (nSPS) is 8.29. The second kappa shape index (κ2) is 7.46. The van der Waals surface area contributed by atoms with Crippen molar-refractivity contribution in [3.8, 4) is 0 Å². The Labute approximate surface area is 132 Å². The van der Waals surface area contributed by atoms with Gasteiger partial charge in [-0.3, -0.25) is 0 Å². The quantitative estimate of drug-likeness (QED) is 0.438. The zero-order chi connectivity index (χ0) is 4.50. The first-order valence-electron chi connectivity index (χ1n) is 0.698. The molecule has 0 aromatic heterocycles. The fourth-order valence-electron chi connectivity index (χ4n) is 0. The van der Waals surface area contributed by atoms with Gasteiger partial charge in [0.15, 0.2) is 0 Å². The van der Waals surface area contributed by atoms with Crippen molar-refractivity contribution in [3.05, 3.63) is 0 Å². The van der Waals surface area contributed by atoms with Crippen molar-refractivity contribution in [2.75, 3.05) is 0 Å². The fourth-order valence-corrected chi connectivity index (χ4v) is 0. The Morgan fingerprint density at radius 1 is 1.14 bits per heavy atom. The van der Waals surface area contributed by atoms with Gasteiger partial charge in [0.2, 0.25) is 0 Å². The maximum absolute atomic E-state index is 8.82. The molecule has 32 valence electrons. The molecular formula is H2CaCsO4Se+3. The molecule has 0 saturated heterocycles.